The standard InChI is InChI=1S/C15H20N2O5/c1-15(2,14(19)20)8-9-16-13(18)7-6-11-4-3-5-12(10-11)17(21)22/h3-5,10H,6-9H2,1-2H3,(H,16,18)(H,19,20). The van der Waals surface area contributed by atoms with Crippen molar-refractivity contribution in [3.05, 3.63) is 39.9 Å². The van der Waals surface area contributed by atoms with Gasteiger partial charge in [-0.15, -0.1) is 0 Å². The first-order chi connectivity index (χ1) is 10.2. The van der Waals surface area contributed by atoms with E-state index in [1.165, 1.54) is 12.1 Å². The van der Waals surface area contributed by atoms with Gasteiger partial charge < -0.3 is 10.4 Å². The van der Waals surface area contributed by atoms with E-state index >= 15 is 0 Å². The molecule has 7 nitrogen and oxygen atoms in total. The van der Waals surface area contributed by atoms with Crippen LogP contribution in [0, 0.1) is 15.5 Å². The zero-order valence-corrected chi connectivity index (χ0v) is 12.7. The fourth-order valence-electron chi connectivity index (χ4n) is 1.79. The number of aryl methyl sites for hydroxylation is 1. The second kappa shape index (κ2) is 7.53. The van der Waals surface area contributed by atoms with Gasteiger partial charge in [0.2, 0.25) is 5.91 Å². The number of hydrogen-bond acceptors (Lipinski definition) is 4. The molecule has 0 aliphatic rings. The van der Waals surface area contributed by atoms with Crippen molar-refractivity contribution >= 4 is 17.6 Å². The maximum absolute atomic E-state index is 11.7. The molecule has 0 spiro atoms. The largest absolute Gasteiger partial charge is 0.481 e. The highest BCUT2D eigenvalue weighted by atomic mass is 16.6. The topological polar surface area (TPSA) is 110 Å². The van der Waals surface area contributed by atoms with Crippen LogP contribution in [0.25, 0.3) is 0 Å². The second-order valence-corrected chi connectivity index (χ2v) is 5.72. The van der Waals surface area contributed by atoms with E-state index in [-0.39, 0.29) is 24.6 Å². The van der Waals surface area contributed by atoms with Gasteiger partial charge in [0.25, 0.3) is 5.69 Å². The molecule has 0 unspecified atom stereocenters. The van der Waals surface area contributed by atoms with E-state index in [0.717, 1.165) is 5.56 Å². The minimum absolute atomic E-state index is 0.00103. The number of carbonyl (C=O) groups excluding carboxylic acids is 1. The van der Waals surface area contributed by atoms with Crippen LogP contribution in [-0.2, 0) is 16.0 Å². The molecular weight excluding hydrogens is 288 g/mol. The summed E-state index contributed by atoms with van der Waals surface area (Å²) in [5.41, 5.74) is -0.163. The first-order valence-electron chi connectivity index (χ1n) is 6.96. The number of benzene rings is 1. The highest BCUT2D eigenvalue weighted by molar-refractivity contribution is 5.76. The highest BCUT2D eigenvalue weighted by Gasteiger charge is 2.26. The zero-order valence-electron chi connectivity index (χ0n) is 12.7. The van der Waals surface area contributed by atoms with Gasteiger partial charge in [0.05, 0.1) is 10.3 Å². The van der Waals surface area contributed by atoms with E-state index in [0.29, 0.717) is 12.8 Å². The number of nitrogens with zero attached hydrogens (tertiary/aromatic N) is 1. The maximum Gasteiger partial charge on any atom is 0.309 e. The van der Waals surface area contributed by atoms with Gasteiger partial charge >= 0.3 is 5.97 Å². The molecule has 22 heavy (non-hydrogen) atoms. The van der Waals surface area contributed by atoms with Gasteiger partial charge in [0, 0.05) is 25.1 Å². The Hall–Kier alpha value is -2.44. The second-order valence-electron chi connectivity index (χ2n) is 5.72. The lowest BCUT2D eigenvalue weighted by Gasteiger charge is -2.18. The van der Waals surface area contributed by atoms with Gasteiger partial charge in [-0.25, -0.2) is 0 Å². The lowest BCUT2D eigenvalue weighted by Crippen LogP contribution is -2.32. The summed E-state index contributed by atoms with van der Waals surface area (Å²) in [6.45, 7) is 3.49. The van der Waals surface area contributed by atoms with Crippen LogP contribution in [0.3, 0.4) is 0 Å². The van der Waals surface area contributed by atoms with Gasteiger partial charge in [0.1, 0.15) is 0 Å². The molecule has 1 rings (SSSR count). The van der Waals surface area contributed by atoms with E-state index < -0.39 is 16.3 Å². The zero-order chi connectivity index (χ0) is 16.8. The fourth-order valence-corrected chi connectivity index (χ4v) is 1.79. The molecule has 0 radical (unpaired) electrons. The van der Waals surface area contributed by atoms with Gasteiger partial charge in [-0.05, 0) is 32.3 Å². The molecule has 0 saturated carbocycles. The molecule has 1 aromatic carbocycles. The van der Waals surface area contributed by atoms with Crippen LogP contribution >= 0.6 is 0 Å². The number of nitrogens with one attached hydrogen (secondary N) is 1. The van der Waals surface area contributed by atoms with Crippen molar-refractivity contribution in [3.63, 3.8) is 0 Å². The number of rotatable bonds is 8. The molecule has 0 heterocycles. The number of aliphatic carboxylic acids is 1. The summed E-state index contributed by atoms with van der Waals surface area (Å²) >= 11 is 0. The van der Waals surface area contributed by atoms with Gasteiger partial charge in [-0.3, -0.25) is 19.7 Å². The summed E-state index contributed by atoms with van der Waals surface area (Å²) in [5.74, 6) is -1.11. The smallest absolute Gasteiger partial charge is 0.309 e. The quantitative estimate of drug-likeness (QED) is 0.565. The number of carboxylic acid groups (broad SMARTS) is 1. The first kappa shape index (κ1) is 17.6. The lowest BCUT2D eigenvalue weighted by molar-refractivity contribution is -0.384. The van der Waals surface area contributed by atoms with Crippen molar-refractivity contribution < 1.29 is 19.6 Å². The number of carbonyl (C=O) groups is 2. The van der Waals surface area contributed by atoms with Crippen molar-refractivity contribution in [1.82, 2.24) is 5.32 Å². The normalized spacial score (nSPS) is 11.0. The number of nitro benzene ring substituents is 1. The maximum atomic E-state index is 11.7. The van der Waals surface area contributed by atoms with E-state index in [1.807, 2.05) is 0 Å². The first-order valence-corrected chi connectivity index (χ1v) is 6.96. The predicted molar refractivity (Wildman–Crippen MR) is 80.5 cm³/mol. The Morgan fingerprint density at radius 1 is 1.36 bits per heavy atom. The Bertz CT molecular complexity index is 569. The van der Waals surface area contributed by atoms with Gasteiger partial charge in [0.15, 0.2) is 0 Å². The predicted octanol–water partition coefficient (Wildman–Crippen LogP) is 2.14. The minimum atomic E-state index is -0.904. The Kier molecular flexibility index (Phi) is 6.03. The van der Waals surface area contributed by atoms with E-state index in [1.54, 1.807) is 26.0 Å². The molecule has 0 bridgehead atoms. The molecule has 7 heteroatoms. The number of carboxylic acids is 1. The van der Waals surface area contributed by atoms with Gasteiger partial charge in [-0.2, -0.15) is 0 Å². The summed E-state index contributed by atoms with van der Waals surface area (Å²) < 4.78 is 0. The summed E-state index contributed by atoms with van der Waals surface area (Å²) in [4.78, 5) is 32.8. The molecule has 1 aromatic rings. The third-order valence-electron chi connectivity index (χ3n) is 3.41. The Labute approximate surface area is 128 Å². The Morgan fingerprint density at radius 3 is 2.64 bits per heavy atom. The third kappa shape index (κ3) is 5.51. The van der Waals surface area contributed by atoms with Crippen molar-refractivity contribution in [2.45, 2.75) is 33.1 Å². The van der Waals surface area contributed by atoms with E-state index in [4.69, 9.17) is 5.11 Å². The number of non-ortho nitro benzene ring substituents is 1. The highest BCUT2D eigenvalue weighted by Crippen LogP contribution is 2.19. The molecule has 120 valence electrons. The summed E-state index contributed by atoms with van der Waals surface area (Å²) in [6.07, 6.45) is 0.940. The Balaban J connectivity index is 2.39. The summed E-state index contributed by atoms with van der Waals surface area (Å²) in [7, 11) is 0. The molecule has 1 amide bonds. The lowest BCUT2D eigenvalue weighted by atomic mass is 9.90. The molecular formula is C15H20N2O5. The van der Waals surface area contributed by atoms with Crippen molar-refractivity contribution in [1.29, 1.82) is 0 Å². The molecule has 0 atom stereocenters. The summed E-state index contributed by atoms with van der Waals surface area (Å²) in [5, 5.41) is 22.3. The number of amides is 1. The Morgan fingerprint density at radius 2 is 2.05 bits per heavy atom. The van der Waals surface area contributed by atoms with E-state index in [9.17, 15) is 19.7 Å². The molecule has 0 fully saturated rings. The molecule has 0 saturated heterocycles. The third-order valence-corrected chi connectivity index (χ3v) is 3.41. The van der Waals surface area contributed by atoms with Crippen LogP contribution in [0.15, 0.2) is 24.3 Å². The SMILES string of the molecule is CC(C)(CCNC(=O)CCc1cccc([N+](=O)[O-])c1)C(=O)O. The van der Waals surface area contributed by atoms with Crippen molar-refractivity contribution in [2.24, 2.45) is 5.41 Å². The van der Waals surface area contributed by atoms with Crippen LogP contribution in [0.1, 0.15) is 32.3 Å². The van der Waals surface area contributed by atoms with E-state index in [2.05, 4.69) is 5.32 Å². The number of nitro groups is 1. The van der Waals surface area contributed by atoms with Crippen LogP contribution in [0.4, 0.5) is 5.69 Å². The van der Waals surface area contributed by atoms with Crippen LogP contribution in [-0.4, -0.2) is 28.5 Å². The van der Waals surface area contributed by atoms with Crippen molar-refractivity contribution in [3.8, 4) is 0 Å². The van der Waals surface area contributed by atoms with Gasteiger partial charge in [-0.1, -0.05) is 12.1 Å². The average molecular weight is 308 g/mol. The summed E-state index contributed by atoms with van der Waals surface area (Å²) in [6, 6.07) is 6.16. The minimum Gasteiger partial charge on any atom is -0.481 e. The fraction of sp³-hybridized carbons (Fsp3) is 0.467. The van der Waals surface area contributed by atoms with Crippen LogP contribution in [0.5, 0.6) is 0 Å². The molecule has 0 aromatic heterocycles. The molecule has 0 aliphatic heterocycles. The average Bonchev–Trinajstić information content (AvgIpc) is 2.45. The number of hydrogen-bond donors (Lipinski definition) is 2. The monoisotopic (exact) mass is 308 g/mol. The van der Waals surface area contributed by atoms with Crippen LogP contribution in [0.2, 0.25) is 0 Å². The molecule has 2 N–H and O–H groups in total. The van der Waals surface area contributed by atoms with Crippen LogP contribution < -0.4 is 5.32 Å². The van der Waals surface area contributed by atoms with Crippen molar-refractivity contribution in [2.75, 3.05) is 6.54 Å². The molecule has 0 aliphatic carbocycles.